The first-order valence-corrected chi connectivity index (χ1v) is 7.36. The largest absolute Gasteiger partial charge is 0.490 e. The van der Waals surface area contributed by atoms with Gasteiger partial charge in [0.1, 0.15) is 11.9 Å². The summed E-state index contributed by atoms with van der Waals surface area (Å²) in [5.74, 6) is 1.73. The van der Waals surface area contributed by atoms with E-state index in [0.717, 1.165) is 12.2 Å². The molecule has 0 radical (unpaired) electrons. The Balaban J connectivity index is 1.76. The molecule has 2 N–H and O–H groups in total. The Morgan fingerprint density at radius 2 is 1.72 bits per heavy atom. The van der Waals surface area contributed by atoms with E-state index in [1.165, 1.54) is 44.1 Å². The van der Waals surface area contributed by atoms with Gasteiger partial charge in [-0.2, -0.15) is 0 Å². The van der Waals surface area contributed by atoms with E-state index in [2.05, 4.69) is 12.1 Å². The highest BCUT2D eigenvalue weighted by Crippen LogP contribution is 2.38. The van der Waals surface area contributed by atoms with Crippen molar-refractivity contribution in [3.05, 3.63) is 29.8 Å². The van der Waals surface area contributed by atoms with Crippen LogP contribution in [0.5, 0.6) is 5.75 Å². The first-order chi connectivity index (χ1) is 8.84. The lowest BCUT2D eigenvalue weighted by atomic mass is 9.86. The molecule has 1 aliphatic carbocycles. The third kappa shape index (κ3) is 2.39. The van der Waals surface area contributed by atoms with E-state index in [1.807, 2.05) is 12.1 Å². The number of nitrogens with two attached hydrogens (primary N) is 1. The Morgan fingerprint density at radius 1 is 1.00 bits per heavy atom. The van der Waals surface area contributed by atoms with Crippen molar-refractivity contribution in [3.63, 3.8) is 0 Å². The summed E-state index contributed by atoms with van der Waals surface area (Å²) in [4.78, 5) is 0. The molecule has 1 aliphatic heterocycles. The first kappa shape index (κ1) is 12.0. The van der Waals surface area contributed by atoms with Crippen molar-refractivity contribution in [3.8, 4) is 5.75 Å². The number of hydrogen-bond acceptors (Lipinski definition) is 2. The molecule has 2 atom stereocenters. The summed E-state index contributed by atoms with van der Waals surface area (Å²) < 4.78 is 6.22. The zero-order valence-electron chi connectivity index (χ0n) is 11.0. The number of benzene rings is 1. The van der Waals surface area contributed by atoms with Crippen LogP contribution >= 0.6 is 0 Å². The average molecular weight is 245 g/mol. The molecule has 2 aliphatic rings. The van der Waals surface area contributed by atoms with Crippen LogP contribution in [0.4, 0.5) is 0 Å². The van der Waals surface area contributed by atoms with E-state index in [0.29, 0.717) is 12.0 Å². The predicted octanol–water partition coefficient (Wildman–Crippen LogP) is 3.81. The van der Waals surface area contributed by atoms with Crippen LogP contribution in [-0.4, -0.2) is 6.10 Å². The van der Waals surface area contributed by atoms with Crippen LogP contribution in [0.1, 0.15) is 56.6 Å². The summed E-state index contributed by atoms with van der Waals surface area (Å²) in [6, 6.07) is 8.42. The van der Waals surface area contributed by atoms with Crippen molar-refractivity contribution in [1.82, 2.24) is 0 Å². The third-order valence-electron chi connectivity index (χ3n) is 4.51. The second kappa shape index (κ2) is 5.31. The Morgan fingerprint density at radius 3 is 2.50 bits per heavy atom. The zero-order valence-corrected chi connectivity index (χ0v) is 11.0. The van der Waals surface area contributed by atoms with E-state index < -0.39 is 0 Å². The molecule has 1 fully saturated rings. The van der Waals surface area contributed by atoms with Crippen molar-refractivity contribution in [2.24, 2.45) is 11.7 Å². The molecule has 1 unspecified atom stereocenters. The lowest BCUT2D eigenvalue weighted by molar-refractivity contribution is 0.0906. The molecule has 3 rings (SSSR count). The molecule has 18 heavy (non-hydrogen) atoms. The summed E-state index contributed by atoms with van der Waals surface area (Å²) in [5, 5.41) is 0. The quantitative estimate of drug-likeness (QED) is 0.764. The molecule has 0 bridgehead atoms. The molecule has 0 spiro atoms. The number of rotatable bonds is 1. The topological polar surface area (TPSA) is 35.2 Å². The van der Waals surface area contributed by atoms with Crippen LogP contribution in [0, 0.1) is 5.92 Å². The minimum atomic E-state index is 0.156. The molecule has 1 aromatic rings. The number of ether oxygens (including phenoxy) is 1. The highest BCUT2D eigenvalue weighted by Gasteiger charge is 2.31. The summed E-state index contributed by atoms with van der Waals surface area (Å²) in [6.07, 6.45) is 9.48. The fourth-order valence-electron chi connectivity index (χ4n) is 3.45. The van der Waals surface area contributed by atoms with Crippen LogP contribution in [0.25, 0.3) is 0 Å². The molecule has 2 nitrogen and oxygen atoms in total. The molecular weight excluding hydrogens is 222 g/mol. The van der Waals surface area contributed by atoms with E-state index in [-0.39, 0.29) is 6.04 Å². The van der Waals surface area contributed by atoms with Crippen LogP contribution in [-0.2, 0) is 0 Å². The summed E-state index contributed by atoms with van der Waals surface area (Å²) in [5.41, 5.74) is 7.49. The fourth-order valence-corrected chi connectivity index (χ4v) is 3.45. The van der Waals surface area contributed by atoms with E-state index in [1.54, 1.807) is 0 Å². The highest BCUT2D eigenvalue weighted by molar-refractivity contribution is 5.37. The third-order valence-corrected chi connectivity index (χ3v) is 4.51. The zero-order chi connectivity index (χ0) is 12.4. The molecule has 1 aromatic carbocycles. The molecule has 2 heteroatoms. The SMILES string of the molecule is N[C@H]1CC(C2CCCCCC2)Oc2ccccc21. The Bertz CT molecular complexity index is 396. The molecule has 1 heterocycles. The van der Waals surface area contributed by atoms with Gasteiger partial charge >= 0.3 is 0 Å². The minimum absolute atomic E-state index is 0.156. The van der Waals surface area contributed by atoms with Crippen LogP contribution in [0.3, 0.4) is 0 Å². The molecule has 0 amide bonds. The van der Waals surface area contributed by atoms with Gasteiger partial charge in [-0.25, -0.2) is 0 Å². The van der Waals surface area contributed by atoms with Gasteiger partial charge in [0.15, 0.2) is 0 Å². The average Bonchev–Trinajstić information content (AvgIpc) is 2.67. The van der Waals surface area contributed by atoms with Gasteiger partial charge in [-0.1, -0.05) is 43.9 Å². The predicted molar refractivity (Wildman–Crippen MR) is 73.6 cm³/mol. The van der Waals surface area contributed by atoms with Gasteiger partial charge in [-0.15, -0.1) is 0 Å². The second-order valence-corrected chi connectivity index (χ2v) is 5.79. The Labute approximate surface area is 110 Å². The maximum atomic E-state index is 6.30. The highest BCUT2D eigenvalue weighted by atomic mass is 16.5. The molecule has 1 saturated carbocycles. The standard InChI is InChI=1S/C16H23NO/c17-14-11-16(12-7-3-1-2-4-8-12)18-15-10-6-5-9-13(14)15/h5-6,9-10,12,14,16H,1-4,7-8,11,17H2/t14-,16?/m0/s1. The molecular formula is C16H23NO. The lowest BCUT2D eigenvalue weighted by Crippen LogP contribution is -2.35. The maximum Gasteiger partial charge on any atom is 0.124 e. The first-order valence-electron chi connectivity index (χ1n) is 7.36. The molecule has 0 aromatic heterocycles. The maximum absolute atomic E-state index is 6.30. The Kier molecular flexibility index (Phi) is 3.55. The second-order valence-electron chi connectivity index (χ2n) is 5.79. The smallest absolute Gasteiger partial charge is 0.124 e. The monoisotopic (exact) mass is 245 g/mol. The summed E-state index contributed by atoms with van der Waals surface area (Å²) in [6.45, 7) is 0. The lowest BCUT2D eigenvalue weighted by Gasteiger charge is -2.35. The number of para-hydroxylation sites is 1. The van der Waals surface area contributed by atoms with Gasteiger partial charge in [-0.05, 0) is 24.8 Å². The van der Waals surface area contributed by atoms with Crippen molar-refractivity contribution < 1.29 is 4.74 Å². The van der Waals surface area contributed by atoms with Crippen LogP contribution in [0.2, 0.25) is 0 Å². The number of fused-ring (bicyclic) bond motifs is 1. The fraction of sp³-hybridized carbons (Fsp3) is 0.625. The minimum Gasteiger partial charge on any atom is -0.490 e. The van der Waals surface area contributed by atoms with E-state index >= 15 is 0 Å². The van der Waals surface area contributed by atoms with Gasteiger partial charge in [0, 0.05) is 18.0 Å². The Hall–Kier alpha value is -1.02. The number of hydrogen-bond donors (Lipinski definition) is 1. The summed E-state index contributed by atoms with van der Waals surface area (Å²) >= 11 is 0. The van der Waals surface area contributed by atoms with Crippen molar-refractivity contribution in [2.45, 2.75) is 57.1 Å². The van der Waals surface area contributed by atoms with Gasteiger partial charge in [0.05, 0.1) is 0 Å². The van der Waals surface area contributed by atoms with Crippen molar-refractivity contribution in [1.29, 1.82) is 0 Å². The van der Waals surface area contributed by atoms with Crippen LogP contribution < -0.4 is 10.5 Å². The van der Waals surface area contributed by atoms with E-state index in [9.17, 15) is 0 Å². The van der Waals surface area contributed by atoms with E-state index in [4.69, 9.17) is 10.5 Å². The molecule has 0 saturated heterocycles. The van der Waals surface area contributed by atoms with Crippen molar-refractivity contribution >= 4 is 0 Å². The van der Waals surface area contributed by atoms with Crippen molar-refractivity contribution in [2.75, 3.05) is 0 Å². The normalized spacial score (nSPS) is 29.2. The van der Waals surface area contributed by atoms with Gasteiger partial charge in [0.2, 0.25) is 0 Å². The van der Waals surface area contributed by atoms with Gasteiger partial charge < -0.3 is 10.5 Å². The summed E-state index contributed by atoms with van der Waals surface area (Å²) in [7, 11) is 0. The van der Waals surface area contributed by atoms with Gasteiger partial charge in [-0.3, -0.25) is 0 Å². The van der Waals surface area contributed by atoms with Gasteiger partial charge in [0.25, 0.3) is 0 Å². The van der Waals surface area contributed by atoms with Crippen LogP contribution in [0.15, 0.2) is 24.3 Å². The molecule has 98 valence electrons.